The summed E-state index contributed by atoms with van der Waals surface area (Å²) in [5.74, 6) is -1.44. The molecule has 3 aromatic rings. The monoisotopic (exact) mass is 493 g/mol. The Morgan fingerprint density at radius 2 is 1.92 bits per heavy atom. The predicted octanol–water partition coefficient (Wildman–Crippen LogP) is 3.07. The number of imide groups is 1. The predicted molar refractivity (Wildman–Crippen MR) is 131 cm³/mol. The van der Waals surface area contributed by atoms with Gasteiger partial charge in [-0.05, 0) is 23.8 Å². The highest BCUT2D eigenvalue weighted by atomic mass is 19.1. The van der Waals surface area contributed by atoms with Crippen molar-refractivity contribution >= 4 is 28.6 Å². The topological polar surface area (TPSA) is 89.0 Å². The molecule has 9 heteroatoms. The number of nitrogens with zero attached hydrogens (tertiary/aromatic N) is 3. The van der Waals surface area contributed by atoms with Gasteiger partial charge in [-0.15, -0.1) is 0 Å². The zero-order valence-electron chi connectivity index (χ0n) is 20.5. The van der Waals surface area contributed by atoms with E-state index in [-0.39, 0.29) is 44.0 Å². The van der Waals surface area contributed by atoms with Gasteiger partial charge in [-0.25, -0.2) is 4.39 Å². The van der Waals surface area contributed by atoms with Gasteiger partial charge in [0, 0.05) is 50.7 Å². The van der Waals surface area contributed by atoms with Gasteiger partial charge in [-0.1, -0.05) is 30.3 Å². The minimum atomic E-state index is -1.62. The number of fused-ring (bicyclic) bond motifs is 1. The van der Waals surface area contributed by atoms with Crippen LogP contribution in [-0.4, -0.2) is 66.9 Å². The molecule has 0 spiro atoms. The molecule has 2 heterocycles. The molecule has 0 N–H and O–H groups in total. The highest BCUT2D eigenvalue weighted by molar-refractivity contribution is 6.10. The minimum absolute atomic E-state index is 0.0409. The van der Waals surface area contributed by atoms with Crippen LogP contribution in [0.4, 0.5) is 4.39 Å². The largest absolute Gasteiger partial charge is 0.494 e. The molecule has 0 radical (unpaired) electrons. The van der Waals surface area contributed by atoms with Gasteiger partial charge in [0.05, 0.1) is 25.7 Å². The SMILES string of the molecule is COCCN1C(=O)CC(CC(=O)N(C)Cc2ccc(OC)c3ncccc23)(c2ccccc2F)C1=O. The van der Waals surface area contributed by atoms with Gasteiger partial charge >= 0.3 is 0 Å². The van der Waals surface area contributed by atoms with Crippen LogP contribution in [0, 0.1) is 5.82 Å². The van der Waals surface area contributed by atoms with Crippen molar-refractivity contribution in [1.82, 2.24) is 14.8 Å². The van der Waals surface area contributed by atoms with Crippen molar-refractivity contribution in [1.29, 1.82) is 0 Å². The first-order valence-corrected chi connectivity index (χ1v) is 11.6. The Bertz CT molecular complexity index is 1310. The zero-order valence-corrected chi connectivity index (χ0v) is 20.5. The van der Waals surface area contributed by atoms with Crippen LogP contribution in [0.1, 0.15) is 24.0 Å². The van der Waals surface area contributed by atoms with Crippen LogP contribution in [0.2, 0.25) is 0 Å². The van der Waals surface area contributed by atoms with Crippen LogP contribution in [-0.2, 0) is 31.1 Å². The standard InChI is InChI=1S/C27H28FN3O5/c1-30(17-18-10-11-22(36-3)25-19(18)7-6-12-29-25)23(32)15-27(20-8-4-5-9-21(20)28)16-24(33)31(26(27)34)13-14-35-2/h4-12H,13-17H2,1-3H3. The third-order valence-electron chi connectivity index (χ3n) is 6.65. The number of amides is 3. The summed E-state index contributed by atoms with van der Waals surface area (Å²) in [6.07, 6.45) is 1.04. The van der Waals surface area contributed by atoms with Crippen LogP contribution in [0.25, 0.3) is 10.9 Å². The molecule has 1 atom stereocenters. The van der Waals surface area contributed by atoms with Crippen molar-refractivity contribution in [3.05, 3.63) is 71.7 Å². The fraction of sp³-hybridized carbons (Fsp3) is 0.333. The normalized spacial score (nSPS) is 17.6. The molecular formula is C27H28FN3O5. The first kappa shape index (κ1) is 25.2. The third-order valence-corrected chi connectivity index (χ3v) is 6.65. The Balaban J connectivity index is 1.65. The van der Waals surface area contributed by atoms with Crippen molar-refractivity contribution in [2.75, 3.05) is 34.4 Å². The number of aromatic nitrogens is 1. The molecule has 1 fully saturated rings. The first-order chi connectivity index (χ1) is 17.3. The van der Waals surface area contributed by atoms with Gasteiger partial charge in [0.25, 0.3) is 0 Å². The number of ether oxygens (including phenoxy) is 2. The second kappa shape index (κ2) is 10.4. The van der Waals surface area contributed by atoms with E-state index < -0.39 is 23.0 Å². The molecule has 0 bridgehead atoms. The molecule has 1 saturated heterocycles. The van der Waals surface area contributed by atoms with E-state index in [2.05, 4.69) is 4.98 Å². The molecule has 188 valence electrons. The van der Waals surface area contributed by atoms with Crippen molar-refractivity contribution in [2.24, 2.45) is 0 Å². The number of likely N-dealkylation sites (tertiary alicyclic amines) is 1. The lowest BCUT2D eigenvalue weighted by atomic mass is 9.75. The van der Waals surface area contributed by atoms with E-state index in [0.29, 0.717) is 11.3 Å². The quantitative estimate of drug-likeness (QED) is 0.426. The fourth-order valence-electron chi connectivity index (χ4n) is 4.75. The van der Waals surface area contributed by atoms with Crippen LogP contribution >= 0.6 is 0 Å². The summed E-state index contributed by atoms with van der Waals surface area (Å²) in [5.41, 5.74) is -0.0636. The number of pyridine rings is 1. The van der Waals surface area contributed by atoms with Crippen LogP contribution in [0.3, 0.4) is 0 Å². The van der Waals surface area contributed by atoms with E-state index in [1.165, 1.54) is 30.2 Å². The number of rotatable bonds is 9. The van der Waals surface area contributed by atoms with Crippen molar-refractivity contribution in [3.8, 4) is 5.75 Å². The van der Waals surface area contributed by atoms with Gasteiger partial charge in [-0.3, -0.25) is 24.3 Å². The molecule has 4 rings (SSSR count). The zero-order chi connectivity index (χ0) is 25.9. The maximum atomic E-state index is 15.0. The van der Waals surface area contributed by atoms with Crippen LogP contribution in [0.15, 0.2) is 54.7 Å². The lowest BCUT2D eigenvalue weighted by Gasteiger charge is -2.29. The molecule has 0 saturated carbocycles. The number of benzene rings is 2. The second-order valence-electron chi connectivity index (χ2n) is 8.84. The van der Waals surface area contributed by atoms with Crippen molar-refractivity contribution < 1.29 is 28.2 Å². The molecular weight excluding hydrogens is 465 g/mol. The summed E-state index contributed by atoms with van der Waals surface area (Å²) < 4.78 is 25.4. The van der Waals surface area contributed by atoms with Gasteiger partial charge < -0.3 is 14.4 Å². The summed E-state index contributed by atoms with van der Waals surface area (Å²) in [5, 5.41) is 0.832. The lowest BCUT2D eigenvalue weighted by molar-refractivity contribution is -0.143. The highest BCUT2D eigenvalue weighted by Gasteiger charge is 2.54. The molecule has 1 aliphatic rings. The molecule has 0 aliphatic carbocycles. The molecule has 1 aromatic heterocycles. The highest BCUT2D eigenvalue weighted by Crippen LogP contribution is 2.41. The Morgan fingerprint density at radius 1 is 1.14 bits per heavy atom. The maximum absolute atomic E-state index is 15.0. The lowest BCUT2D eigenvalue weighted by Crippen LogP contribution is -2.43. The van der Waals surface area contributed by atoms with Gasteiger partial charge in [0.15, 0.2) is 0 Å². The summed E-state index contributed by atoms with van der Waals surface area (Å²) in [6, 6.07) is 13.2. The molecule has 3 amide bonds. The van der Waals surface area contributed by atoms with E-state index in [4.69, 9.17) is 9.47 Å². The van der Waals surface area contributed by atoms with E-state index in [1.54, 1.807) is 38.6 Å². The number of hydrogen-bond acceptors (Lipinski definition) is 6. The summed E-state index contributed by atoms with van der Waals surface area (Å²) in [7, 11) is 4.65. The first-order valence-electron chi connectivity index (χ1n) is 11.6. The summed E-state index contributed by atoms with van der Waals surface area (Å²) in [6.45, 7) is 0.421. The second-order valence-corrected chi connectivity index (χ2v) is 8.84. The Morgan fingerprint density at radius 3 is 2.64 bits per heavy atom. The Labute approximate surface area is 208 Å². The molecule has 1 unspecified atom stereocenters. The van der Waals surface area contributed by atoms with E-state index in [1.807, 2.05) is 12.1 Å². The van der Waals surface area contributed by atoms with E-state index >= 15 is 0 Å². The van der Waals surface area contributed by atoms with Crippen molar-refractivity contribution in [2.45, 2.75) is 24.8 Å². The maximum Gasteiger partial charge on any atom is 0.241 e. The van der Waals surface area contributed by atoms with Gasteiger partial charge in [0.2, 0.25) is 17.7 Å². The third kappa shape index (κ3) is 4.54. The van der Waals surface area contributed by atoms with Gasteiger partial charge in [0.1, 0.15) is 17.1 Å². The van der Waals surface area contributed by atoms with Crippen LogP contribution < -0.4 is 4.74 Å². The average molecular weight is 494 g/mol. The summed E-state index contributed by atoms with van der Waals surface area (Å²) in [4.78, 5) is 46.8. The van der Waals surface area contributed by atoms with E-state index in [9.17, 15) is 18.8 Å². The molecule has 36 heavy (non-hydrogen) atoms. The molecule has 1 aliphatic heterocycles. The fourth-order valence-corrected chi connectivity index (χ4v) is 4.75. The molecule has 8 nitrogen and oxygen atoms in total. The summed E-state index contributed by atoms with van der Waals surface area (Å²) >= 11 is 0. The van der Waals surface area contributed by atoms with Gasteiger partial charge in [-0.2, -0.15) is 0 Å². The minimum Gasteiger partial charge on any atom is -0.494 e. The average Bonchev–Trinajstić information content (AvgIpc) is 3.12. The Hall–Kier alpha value is -3.85. The number of carbonyl (C=O) groups excluding carboxylic acids is 3. The van der Waals surface area contributed by atoms with Crippen molar-refractivity contribution in [3.63, 3.8) is 0 Å². The number of hydrogen-bond donors (Lipinski definition) is 0. The Kier molecular flexibility index (Phi) is 7.30. The number of methoxy groups -OCH3 is 2. The number of carbonyl (C=O) groups is 3. The number of halogens is 1. The van der Waals surface area contributed by atoms with Crippen LogP contribution in [0.5, 0.6) is 5.75 Å². The smallest absolute Gasteiger partial charge is 0.241 e. The van der Waals surface area contributed by atoms with E-state index in [0.717, 1.165) is 15.8 Å². The molecule has 2 aromatic carbocycles.